The van der Waals surface area contributed by atoms with E-state index in [2.05, 4.69) is 21.1 Å². The predicted molar refractivity (Wildman–Crippen MR) is 162 cm³/mol. The van der Waals surface area contributed by atoms with Crippen LogP contribution < -0.4 is 20.9 Å². The number of ether oxygens (including phenoxy) is 3. The molecule has 1 aromatic carbocycles. The van der Waals surface area contributed by atoms with Crippen LogP contribution in [0.4, 0.5) is 9.59 Å². The van der Waals surface area contributed by atoms with Crippen LogP contribution in [0.1, 0.15) is 71.1 Å². The van der Waals surface area contributed by atoms with E-state index in [-0.39, 0.29) is 25.3 Å². The third-order valence-electron chi connectivity index (χ3n) is 5.69. The number of rotatable bonds is 11. The quantitative estimate of drug-likeness (QED) is 0.142. The van der Waals surface area contributed by atoms with Gasteiger partial charge in [0.25, 0.3) is 5.91 Å². The molecule has 3 N–H and O–H groups in total. The van der Waals surface area contributed by atoms with Gasteiger partial charge in [0.05, 0.1) is 19.1 Å². The fourth-order valence-electron chi connectivity index (χ4n) is 3.61. The maximum Gasteiger partial charge on any atom is 0.414 e. The molecule has 0 aliphatic heterocycles. The van der Waals surface area contributed by atoms with Gasteiger partial charge in [0.1, 0.15) is 23.0 Å². The molecule has 14 nitrogen and oxygen atoms in total. The van der Waals surface area contributed by atoms with Gasteiger partial charge in [0.2, 0.25) is 17.0 Å². The molecule has 15 heteroatoms. The summed E-state index contributed by atoms with van der Waals surface area (Å²) in [6.07, 6.45) is -1.14. The lowest BCUT2D eigenvalue weighted by Gasteiger charge is -2.25. The van der Waals surface area contributed by atoms with Crippen LogP contribution in [0.5, 0.6) is 5.75 Å². The van der Waals surface area contributed by atoms with E-state index in [9.17, 15) is 18.6 Å². The van der Waals surface area contributed by atoms with Crippen molar-refractivity contribution in [1.82, 2.24) is 21.2 Å². The highest BCUT2D eigenvalue weighted by Gasteiger charge is 2.27. The largest absolute Gasteiger partial charge is 0.496 e. The second-order valence-electron chi connectivity index (χ2n) is 11.6. The molecule has 0 aromatic heterocycles. The molecule has 0 saturated carbocycles. The van der Waals surface area contributed by atoms with Crippen LogP contribution >= 0.6 is 0 Å². The normalized spacial score (nSPS) is 13.4. The molecule has 0 saturated heterocycles. The highest BCUT2D eigenvalue weighted by Crippen LogP contribution is 2.29. The van der Waals surface area contributed by atoms with Crippen LogP contribution in [0.15, 0.2) is 16.0 Å². The van der Waals surface area contributed by atoms with Crippen molar-refractivity contribution >= 4 is 35.1 Å². The van der Waals surface area contributed by atoms with E-state index < -0.39 is 46.4 Å². The molecule has 43 heavy (non-hydrogen) atoms. The molecule has 0 bridgehead atoms. The van der Waals surface area contributed by atoms with Crippen molar-refractivity contribution in [2.24, 2.45) is 4.99 Å². The summed E-state index contributed by atoms with van der Waals surface area (Å²) in [5.41, 5.74) is 3.13. The molecule has 2 atom stereocenters. The summed E-state index contributed by atoms with van der Waals surface area (Å²) in [5, 5.41) is 6.00. The number of hydrogen-bond acceptors (Lipinski definition) is 10. The summed E-state index contributed by atoms with van der Waals surface area (Å²) in [7, 11) is 4.30. The van der Waals surface area contributed by atoms with Crippen LogP contribution in [-0.4, -0.2) is 78.4 Å². The van der Waals surface area contributed by atoms with E-state index >= 15 is 0 Å². The molecule has 1 aromatic rings. The molecule has 0 aliphatic carbocycles. The number of methoxy groups -OCH3 is 1. The van der Waals surface area contributed by atoms with Gasteiger partial charge in [-0.05, 0) is 97.9 Å². The Bertz CT molecular complexity index is 1190. The molecule has 0 heterocycles. The Hall–Kier alpha value is -3.43. The molecule has 0 fully saturated rings. The van der Waals surface area contributed by atoms with Crippen molar-refractivity contribution < 1.29 is 41.9 Å². The second-order valence-corrected chi connectivity index (χ2v) is 12.7. The Morgan fingerprint density at radius 3 is 2.09 bits per heavy atom. The number of guanidine groups is 1. The fraction of sp³-hybridized carbons (Fsp3) is 0.643. The lowest BCUT2D eigenvalue weighted by Crippen LogP contribution is -2.48. The minimum Gasteiger partial charge on any atom is -0.496 e. The highest BCUT2D eigenvalue weighted by atomic mass is 32.2. The summed E-state index contributed by atoms with van der Waals surface area (Å²) in [6, 6.07) is 0.787. The zero-order valence-electron chi connectivity index (χ0n) is 27.3. The molecule has 244 valence electrons. The molecule has 0 aliphatic rings. The first kappa shape index (κ1) is 37.6. The Kier molecular flexibility index (Phi) is 14.4. The Labute approximate surface area is 256 Å². The number of benzene rings is 1. The van der Waals surface area contributed by atoms with Gasteiger partial charge in [-0.3, -0.25) is 19.9 Å². The minimum absolute atomic E-state index is 0.0737. The number of hydrogen-bond donors (Lipinski definition) is 3. The molecular weight excluding hydrogens is 582 g/mol. The number of aryl methyl sites for hydroxylation is 1. The van der Waals surface area contributed by atoms with Gasteiger partial charge in [0, 0.05) is 13.6 Å². The van der Waals surface area contributed by atoms with E-state index in [1.54, 1.807) is 68.6 Å². The zero-order chi connectivity index (χ0) is 33.1. The van der Waals surface area contributed by atoms with E-state index in [0.29, 0.717) is 16.2 Å². The van der Waals surface area contributed by atoms with Gasteiger partial charge in [-0.25, -0.2) is 24.3 Å². The van der Waals surface area contributed by atoms with E-state index in [0.717, 1.165) is 16.2 Å². The average Bonchev–Trinajstić information content (AvgIpc) is 2.87. The third kappa shape index (κ3) is 13.2. The van der Waals surface area contributed by atoms with Crippen molar-refractivity contribution in [3.63, 3.8) is 0 Å². The highest BCUT2D eigenvalue weighted by molar-refractivity contribution is 7.80. The van der Waals surface area contributed by atoms with Gasteiger partial charge >= 0.3 is 12.2 Å². The summed E-state index contributed by atoms with van der Waals surface area (Å²) < 4.78 is 34.5. The smallest absolute Gasteiger partial charge is 0.414 e. The first-order valence-electron chi connectivity index (χ1n) is 13.6. The number of carbonyl (C=O) groups is 3. The topological polar surface area (TPSA) is 166 Å². The molecular formula is C28H47N5O9S. The lowest BCUT2D eigenvalue weighted by atomic mass is 10.1. The first-order valence-corrected chi connectivity index (χ1v) is 14.7. The van der Waals surface area contributed by atoms with Gasteiger partial charge in [0.15, 0.2) is 0 Å². The molecule has 1 rings (SSSR count). The average molecular weight is 630 g/mol. The van der Waals surface area contributed by atoms with Gasteiger partial charge in [-0.15, -0.1) is 0 Å². The van der Waals surface area contributed by atoms with Crippen LogP contribution in [-0.2, 0) is 34.5 Å². The number of likely N-dealkylation sites (N-methyl/N-ethyl adjacent to an activating group) is 1. The number of amides is 3. The number of hydroxylamine groups is 3. The maximum absolute atomic E-state index is 13.1. The van der Waals surface area contributed by atoms with Crippen molar-refractivity contribution in [3.05, 3.63) is 22.8 Å². The fourth-order valence-corrected chi connectivity index (χ4v) is 4.57. The maximum atomic E-state index is 13.1. The summed E-state index contributed by atoms with van der Waals surface area (Å²) in [4.78, 5) is 47.3. The van der Waals surface area contributed by atoms with Crippen molar-refractivity contribution in [2.75, 3.05) is 27.8 Å². The number of aliphatic imine (C=N–C) groups is 1. The predicted octanol–water partition coefficient (Wildman–Crippen LogP) is 3.74. The van der Waals surface area contributed by atoms with Crippen molar-refractivity contribution in [3.8, 4) is 5.75 Å². The van der Waals surface area contributed by atoms with Crippen LogP contribution in [0.2, 0.25) is 0 Å². The number of nitrogens with zero attached hydrogens (tertiary/aromatic N) is 2. The summed E-state index contributed by atoms with van der Waals surface area (Å²) >= 11 is -1.99. The van der Waals surface area contributed by atoms with Gasteiger partial charge < -0.3 is 19.5 Å². The van der Waals surface area contributed by atoms with Crippen LogP contribution in [0, 0.1) is 20.8 Å². The zero-order valence-corrected chi connectivity index (χ0v) is 28.1. The second kappa shape index (κ2) is 16.4. The van der Waals surface area contributed by atoms with Crippen molar-refractivity contribution in [1.29, 1.82) is 0 Å². The Balaban J connectivity index is 3.08. The Morgan fingerprint density at radius 1 is 0.977 bits per heavy atom. The van der Waals surface area contributed by atoms with Gasteiger partial charge in [-0.1, -0.05) is 0 Å². The standard InChI is InChI=1S/C28H47N5O9S/c1-17-16-21(38-11)18(2)19(3)22(17)43(37)42-32-24(31-26(36)41-28(7,8)9)29-15-13-14-20(23(34)33(10)39-12)30-25(35)40-27(4,5)6/h16,20H,13-15H2,1-12H3,(H,30,35)(H2,29,31,32,36). The molecule has 3 amide bonds. The Morgan fingerprint density at radius 2 is 1.56 bits per heavy atom. The molecule has 2 unspecified atom stereocenters. The first-order chi connectivity index (χ1) is 19.8. The third-order valence-corrected chi connectivity index (χ3v) is 6.89. The van der Waals surface area contributed by atoms with Gasteiger partial charge in [-0.2, -0.15) is 4.28 Å². The number of nitrogens with one attached hydrogen (secondary N) is 3. The van der Waals surface area contributed by atoms with Crippen molar-refractivity contribution in [2.45, 2.75) is 97.3 Å². The molecule has 0 radical (unpaired) electrons. The van der Waals surface area contributed by atoms with E-state index in [4.69, 9.17) is 23.3 Å². The van der Waals surface area contributed by atoms with E-state index in [1.807, 2.05) is 6.92 Å². The summed E-state index contributed by atoms with van der Waals surface area (Å²) in [5.74, 6) is -0.00543. The van der Waals surface area contributed by atoms with E-state index in [1.165, 1.54) is 14.2 Å². The SMILES string of the molecule is COc1cc(C)c(S(=O)ONC(=NCCCC(NC(=O)OC(C)(C)C)C(=O)N(C)OC)NC(=O)OC(C)(C)C)c(C)c1C. The monoisotopic (exact) mass is 629 g/mol. The van der Waals surface area contributed by atoms with Crippen LogP contribution in [0.25, 0.3) is 0 Å². The molecule has 0 spiro atoms. The summed E-state index contributed by atoms with van der Waals surface area (Å²) in [6.45, 7) is 15.7. The number of carbonyl (C=O) groups excluding carboxylic acids is 3. The lowest BCUT2D eigenvalue weighted by molar-refractivity contribution is -0.171. The van der Waals surface area contributed by atoms with Crippen LogP contribution in [0.3, 0.4) is 0 Å². The number of alkyl carbamates (subject to hydrolysis) is 2. The minimum atomic E-state index is -1.99.